The third kappa shape index (κ3) is 3.07. The van der Waals surface area contributed by atoms with Gasteiger partial charge in [-0.15, -0.1) is 0 Å². The summed E-state index contributed by atoms with van der Waals surface area (Å²) in [6.07, 6.45) is 0. The molecule has 0 amide bonds. The normalized spacial score (nSPS) is 13.5. The van der Waals surface area contributed by atoms with Crippen LogP contribution in [-0.2, 0) is 16.8 Å². The predicted molar refractivity (Wildman–Crippen MR) is 67.1 cm³/mol. The van der Waals surface area contributed by atoms with Gasteiger partial charge in [0.15, 0.2) is 0 Å². The van der Waals surface area contributed by atoms with Crippen LogP contribution in [0.25, 0.3) is 0 Å². The number of aliphatic hydroxyl groups excluding tert-OH is 1. The number of carbonyl (C=O) groups is 1. The molecule has 0 heterocycles. The Hall–Kier alpha value is -1.35. The summed E-state index contributed by atoms with van der Waals surface area (Å²) in [6.45, 7) is 7.81. The lowest BCUT2D eigenvalue weighted by Crippen LogP contribution is -2.16. The number of hydrogen-bond acceptors (Lipinski definition) is 2. The average Bonchev–Trinajstić information content (AvgIpc) is 2.25. The molecule has 0 radical (unpaired) electrons. The van der Waals surface area contributed by atoms with Gasteiger partial charge in [-0.05, 0) is 29.0 Å². The number of rotatable bonds is 3. The molecule has 2 N–H and O–H groups in total. The second-order valence-corrected chi connectivity index (χ2v) is 5.38. The summed E-state index contributed by atoms with van der Waals surface area (Å²) in [4.78, 5) is 11.0. The second-order valence-electron chi connectivity index (χ2n) is 5.38. The Morgan fingerprint density at radius 1 is 1.35 bits per heavy atom. The number of benzene rings is 1. The molecule has 0 aliphatic carbocycles. The van der Waals surface area contributed by atoms with Crippen LogP contribution in [0.15, 0.2) is 18.2 Å². The molecule has 1 rings (SSSR count). The molecule has 0 aliphatic heterocycles. The first-order chi connectivity index (χ1) is 7.77. The molecule has 0 aliphatic rings. The quantitative estimate of drug-likeness (QED) is 0.848. The van der Waals surface area contributed by atoms with E-state index in [1.165, 1.54) is 0 Å². The van der Waals surface area contributed by atoms with Gasteiger partial charge in [0.1, 0.15) is 0 Å². The van der Waals surface area contributed by atoms with Crippen molar-refractivity contribution in [1.29, 1.82) is 0 Å². The average molecular weight is 236 g/mol. The zero-order chi connectivity index (χ0) is 13.2. The van der Waals surface area contributed by atoms with Crippen LogP contribution in [0.3, 0.4) is 0 Å². The second kappa shape index (κ2) is 4.88. The maximum absolute atomic E-state index is 11.0. The van der Waals surface area contributed by atoms with Crippen LogP contribution < -0.4 is 0 Å². The van der Waals surface area contributed by atoms with Crippen LogP contribution in [0.5, 0.6) is 0 Å². The topological polar surface area (TPSA) is 57.5 Å². The van der Waals surface area contributed by atoms with Crippen molar-refractivity contribution in [1.82, 2.24) is 0 Å². The zero-order valence-electron chi connectivity index (χ0n) is 10.8. The minimum absolute atomic E-state index is 0.0195. The molecule has 0 spiro atoms. The summed E-state index contributed by atoms with van der Waals surface area (Å²) in [5, 5.41) is 18.3. The lowest BCUT2D eigenvalue weighted by molar-refractivity contribution is -0.138. The van der Waals surface area contributed by atoms with E-state index in [9.17, 15) is 9.90 Å². The van der Waals surface area contributed by atoms with E-state index < -0.39 is 11.9 Å². The molecule has 1 atom stereocenters. The summed E-state index contributed by atoms with van der Waals surface area (Å²) in [5.74, 6) is -1.36. The number of carboxylic acid groups (broad SMARTS) is 1. The van der Waals surface area contributed by atoms with Gasteiger partial charge < -0.3 is 10.2 Å². The third-order valence-corrected chi connectivity index (χ3v) is 2.98. The van der Waals surface area contributed by atoms with Gasteiger partial charge in [-0.2, -0.15) is 0 Å². The molecule has 3 heteroatoms. The molecular formula is C14H20O3. The minimum atomic E-state index is -0.832. The summed E-state index contributed by atoms with van der Waals surface area (Å²) >= 11 is 0. The molecule has 3 nitrogen and oxygen atoms in total. The van der Waals surface area contributed by atoms with E-state index >= 15 is 0 Å². The molecule has 17 heavy (non-hydrogen) atoms. The van der Waals surface area contributed by atoms with Crippen molar-refractivity contribution in [2.45, 2.75) is 45.6 Å². The molecule has 0 bridgehead atoms. The fourth-order valence-corrected chi connectivity index (χ4v) is 1.84. The molecule has 1 aromatic rings. The van der Waals surface area contributed by atoms with Crippen molar-refractivity contribution in [2.75, 3.05) is 0 Å². The Labute approximate surface area is 102 Å². The summed E-state index contributed by atoms with van der Waals surface area (Å²) in [7, 11) is 0. The highest BCUT2D eigenvalue weighted by Crippen LogP contribution is 2.29. The van der Waals surface area contributed by atoms with Crippen molar-refractivity contribution < 1.29 is 15.0 Å². The van der Waals surface area contributed by atoms with E-state index in [2.05, 4.69) is 20.8 Å². The molecule has 0 aromatic heterocycles. The Morgan fingerprint density at radius 2 is 1.94 bits per heavy atom. The maximum atomic E-state index is 11.0. The van der Waals surface area contributed by atoms with E-state index in [0.717, 1.165) is 16.7 Å². The number of carboxylic acids is 1. The van der Waals surface area contributed by atoms with Gasteiger partial charge in [0.05, 0.1) is 12.5 Å². The molecule has 0 saturated heterocycles. The third-order valence-electron chi connectivity index (χ3n) is 2.98. The van der Waals surface area contributed by atoms with Crippen LogP contribution in [0.2, 0.25) is 0 Å². The first-order valence-corrected chi connectivity index (χ1v) is 5.74. The Bertz CT molecular complexity index is 416. The van der Waals surface area contributed by atoms with Crippen LogP contribution >= 0.6 is 0 Å². The molecule has 1 unspecified atom stereocenters. The molecule has 0 fully saturated rings. The first kappa shape index (κ1) is 13.7. The molecular weight excluding hydrogens is 216 g/mol. The SMILES string of the molecule is CC(C(=O)O)c1ccc(CO)c(C(C)(C)C)c1. The van der Waals surface area contributed by atoms with Crippen molar-refractivity contribution in [3.63, 3.8) is 0 Å². The zero-order valence-corrected chi connectivity index (χ0v) is 10.8. The first-order valence-electron chi connectivity index (χ1n) is 5.74. The lowest BCUT2D eigenvalue weighted by atomic mass is 9.81. The van der Waals surface area contributed by atoms with Crippen molar-refractivity contribution in [3.05, 3.63) is 34.9 Å². The van der Waals surface area contributed by atoms with Crippen molar-refractivity contribution in [3.8, 4) is 0 Å². The van der Waals surface area contributed by atoms with Gasteiger partial charge in [-0.3, -0.25) is 4.79 Å². The van der Waals surface area contributed by atoms with Gasteiger partial charge in [-0.25, -0.2) is 0 Å². The Balaban J connectivity index is 3.27. The monoisotopic (exact) mass is 236 g/mol. The highest BCUT2D eigenvalue weighted by atomic mass is 16.4. The van der Waals surface area contributed by atoms with E-state index in [1.54, 1.807) is 13.0 Å². The fourth-order valence-electron chi connectivity index (χ4n) is 1.84. The van der Waals surface area contributed by atoms with Gasteiger partial charge in [-0.1, -0.05) is 39.0 Å². The smallest absolute Gasteiger partial charge is 0.310 e. The molecule has 94 valence electrons. The molecule has 0 saturated carbocycles. The standard InChI is InChI=1S/C14H20O3/c1-9(13(16)17)10-5-6-11(8-15)12(7-10)14(2,3)4/h5-7,9,15H,8H2,1-4H3,(H,16,17). The fraction of sp³-hybridized carbons (Fsp3) is 0.500. The molecule has 1 aromatic carbocycles. The van der Waals surface area contributed by atoms with Gasteiger partial charge >= 0.3 is 5.97 Å². The van der Waals surface area contributed by atoms with Crippen LogP contribution in [0, 0.1) is 0 Å². The minimum Gasteiger partial charge on any atom is -0.481 e. The maximum Gasteiger partial charge on any atom is 0.310 e. The Morgan fingerprint density at radius 3 is 2.35 bits per heavy atom. The lowest BCUT2D eigenvalue weighted by Gasteiger charge is -2.24. The van der Waals surface area contributed by atoms with E-state index in [1.807, 2.05) is 12.1 Å². The summed E-state index contributed by atoms with van der Waals surface area (Å²) < 4.78 is 0. The largest absolute Gasteiger partial charge is 0.481 e. The van der Waals surface area contributed by atoms with Gasteiger partial charge in [0, 0.05) is 0 Å². The van der Waals surface area contributed by atoms with Crippen molar-refractivity contribution in [2.24, 2.45) is 0 Å². The highest BCUT2D eigenvalue weighted by Gasteiger charge is 2.21. The predicted octanol–water partition coefficient (Wildman–Crippen LogP) is 2.66. The van der Waals surface area contributed by atoms with Gasteiger partial charge in [0.2, 0.25) is 0 Å². The summed E-state index contributed by atoms with van der Waals surface area (Å²) in [6, 6.07) is 5.49. The van der Waals surface area contributed by atoms with Crippen LogP contribution in [-0.4, -0.2) is 16.2 Å². The van der Waals surface area contributed by atoms with Crippen LogP contribution in [0.1, 0.15) is 50.3 Å². The number of aliphatic carboxylic acids is 1. The number of aliphatic hydroxyl groups is 1. The van der Waals surface area contributed by atoms with E-state index in [0.29, 0.717) is 0 Å². The van der Waals surface area contributed by atoms with E-state index in [-0.39, 0.29) is 12.0 Å². The Kier molecular flexibility index (Phi) is 3.94. The highest BCUT2D eigenvalue weighted by molar-refractivity contribution is 5.75. The van der Waals surface area contributed by atoms with E-state index in [4.69, 9.17) is 5.11 Å². The van der Waals surface area contributed by atoms with Crippen molar-refractivity contribution >= 4 is 5.97 Å². The number of hydrogen-bond donors (Lipinski definition) is 2. The summed E-state index contributed by atoms with van der Waals surface area (Å²) in [5.41, 5.74) is 2.54. The van der Waals surface area contributed by atoms with Gasteiger partial charge in [0.25, 0.3) is 0 Å². The van der Waals surface area contributed by atoms with Crippen LogP contribution in [0.4, 0.5) is 0 Å².